The van der Waals surface area contributed by atoms with Crippen LogP contribution in [0.4, 0.5) is 9.52 Å². The quantitative estimate of drug-likeness (QED) is 0.763. The molecule has 1 fully saturated rings. The minimum absolute atomic E-state index is 0.371. The lowest BCUT2D eigenvalue weighted by Gasteiger charge is -2.31. The van der Waals surface area contributed by atoms with Crippen molar-refractivity contribution in [2.75, 3.05) is 25.0 Å². The van der Waals surface area contributed by atoms with Gasteiger partial charge in [-0.05, 0) is 58.0 Å². The Bertz CT molecular complexity index is 1160. The number of anilines is 1. The summed E-state index contributed by atoms with van der Waals surface area (Å²) in [5.74, 6) is -0.388. The molecule has 1 saturated heterocycles. The number of halogens is 1. The maximum atomic E-state index is 15.0. The van der Waals surface area contributed by atoms with Gasteiger partial charge in [0.15, 0.2) is 10.9 Å². The Labute approximate surface area is 185 Å². The highest BCUT2D eigenvalue weighted by atomic mass is 32.1. The SMILES string of the molecule is C=C1C(C#N)=CC(c2cc(F)c3nc(N(C)C4CCNCC4)sc3c2)=NN1C=C(C)C. The molecule has 160 valence electrons. The first-order valence-electron chi connectivity index (χ1n) is 10.3. The van der Waals surface area contributed by atoms with Crippen molar-refractivity contribution in [2.24, 2.45) is 5.10 Å². The maximum Gasteiger partial charge on any atom is 0.186 e. The molecule has 2 aromatic rings. The number of allylic oxidation sites excluding steroid dienone is 3. The van der Waals surface area contributed by atoms with Crippen molar-refractivity contribution >= 4 is 32.4 Å². The largest absolute Gasteiger partial charge is 0.348 e. The van der Waals surface area contributed by atoms with Crippen molar-refractivity contribution < 1.29 is 4.39 Å². The lowest BCUT2D eigenvalue weighted by Crippen LogP contribution is -2.41. The van der Waals surface area contributed by atoms with Crippen LogP contribution >= 0.6 is 11.3 Å². The number of piperidine rings is 1. The molecule has 0 saturated carbocycles. The zero-order chi connectivity index (χ0) is 22.1. The second-order valence-electron chi connectivity index (χ2n) is 8.05. The molecule has 0 radical (unpaired) electrons. The van der Waals surface area contributed by atoms with E-state index in [0.29, 0.717) is 34.1 Å². The van der Waals surface area contributed by atoms with Crippen LogP contribution in [0.15, 0.2) is 52.9 Å². The van der Waals surface area contributed by atoms with E-state index < -0.39 is 0 Å². The van der Waals surface area contributed by atoms with Crippen LogP contribution in [0.25, 0.3) is 10.2 Å². The van der Waals surface area contributed by atoms with Crippen LogP contribution in [-0.2, 0) is 0 Å². The van der Waals surface area contributed by atoms with E-state index in [1.165, 1.54) is 17.4 Å². The van der Waals surface area contributed by atoms with Gasteiger partial charge in [-0.2, -0.15) is 10.4 Å². The lowest BCUT2D eigenvalue weighted by atomic mass is 10.0. The lowest BCUT2D eigenvalue weighted by molar-refractivity contribution is 0.443. The number of nitrogens with one attached hydrogen (secondary N) is 1. The molecule has 1 aromatic carbocycles. The molecule has 0 bridgehead atoms. The Kier molecular flexibility index (Phi) is 5.90. The van der Waals surface area contributed by atoms with Crippen molar-refractivity contribution in [3.05, 3.63) is 59.2 Å². The molecule has 0 unspecified atom stereocenters. The van der Waals surface area contributed by atoms with Crippen LogP contribution in [0.1, 0.15) is 32.3 Å². The average Bonchev–Trinajstić information content (AvgIpc) is 3.20. The Morgan fingerprint density at radius 1 is 1.39 bits per heavy atom. The molecule has 0 spiro atoms. The molecule has 2 aliphatic rings. The van der Waals surface area contributed by atoms with Crippen LogP contribution in [0.3, 0.4) is 0 Å². The van der Waals surface area contributed by atoms with E-state index in [1.807, 2.05) is 27.0 Å². The number of hydrogen-bond acceptors (Lipinski definition) is 7. The van der Waals surface area contributed by atoms with Crippen LogP contribution in [0.2, 0.25) is 0 Å². The molecule has 0 amide bonds. The van der Waals surface area contributed by atoms with Gasteiger partial charge >= 0.3 is 0 Å². The van der Waals surface area contributed by atoms with E-state index >= 15 is 4.39 Å². The number of fused-ring (bicyclic) bond motifs is 1. The van der Waals surface area contributed by atoms with Gasteiger partial charge in [-0.1, -0.05) is 23.5 Å². The molecule has 8 heteroatoms. The summed E-state index contributed by atoms with van der Waals surface area (Å²) in [4.78, 5) is 6.74. The normalized spacial score (nSPS) is 17.3. The smallest absolute Gasteiger partial charge is 0.186 e. The minimum Gasteiger partial charge on any atom is -0.348 e. The third-order valence-corrected chi connectivity index (χ3v) is 6.57. The number of nitriles is 1. The van der Waals surface area contributed by atoms with Crippen LogP contribution in [0.5, 0.6) is 0 Å². The van der Waals surface area contributed by atoms with Crippen LogP contribution in [-0.4, -0.2) is 41.9 Å². The number of hydrazone groups is 1. The van der Waals surface area contributed by atoms with Crippen molar-refractivity contribution in [1.82, 2.24) is 15.3 Å². The van der Waals surface area contributed by atoms with E-state index in [2.05, 4.69) is 33.0 Å². The number of thiazole rings is 1. The molecule has 1 aromatic heterocycles. The summed E-state index contributed by atoms with van der Waals surface area (Å²) in [7, 11) is 2.03. The monoisotopic (exact) mass is 436 g/mol. The molecule has 3 heterocycles. The second-order valence-corrected chi connectivity index (χ2v) is 9.06. The molecular formula is C23H25FN6S. The van der Waals surface area contributed by atoms with Gasteiger partial charge in [0.05, 0.1) is 21.7 Å². The zero-order valence-electron chi connectivity index (χ0n) is 17.9. The maximum absolute atomic E-state index is 15.0. The third-order valence-electron chi connectivity index (χ3n) is 5.48. The van der Waals surface area contributed by atoms with Crippen molar-refractivity contribution in [2.45, 2.75) is 32.7 Å². The van der Waals surface area contributed by atoms with E-state index in [-0.39, 0.29) is 5.82 Å². The topological polar surface area (TPSA) is 67.5 Å². The summed E-state index contributed by atoms with van der Waals surface area (Å²) in [6.07, 6.45) is 5.55. The van der Waals surface area contributed by atoms with Gasteiger partial charge in [0.2, 0.25) is 0 Å². The van der Waals surface area contributed by atoms with E-state index in [1.54, 1.807) is 17.3 Å². The van der Waals surface area contributed by atoms with Crippen molar-refractivity contribution in [1.29, 1.82) is 5.26 Å². The van der Waals surface area contributed by atoms with E-state index in [4.69, 9.17) is 0 Å². The first-order valence-corrected chi connectivity index (χ1v) is 11.1. The Morgan fingerprint density at radius 2 is 2.13 bits per heavy atom. The standard InChI is InChI=1S/C23H25FN6S/c1-14(2)13-30-15(3)17(12-25)10-20(28-30)16-9-19(24)22-21(11-16)31-23(27-22)29(4)18-5-7-26-8-6-18/h9-11,13,18,26H,3,5-8H2,1-2,4H3. The third kappa shape index (κ3) is 4.24. The van der Waals surface area contributed by atoms with Crippen molar-refractivity contribution in [3.8, 4) is 6.07 Å². The number of nitrogens with zero attached hydrogens (tertiary/aromatic N) is 5. The molecule has 0 aliphatic carbocycles. The highest BCUT2D eigenvalue weighted by Crippen LogP contribution is 2.33. The Balaban J connectivity index is 1.73. The first kappa shape index (κ1) is 21.2. The van der Waals surface area contributed by atoms with Gasteiger partial charge in [0.1, 0.15) is 11.6 Å². The average molecular weight is 437 g/mol. The number of rotatable bonds is 4. The fourth-order valence-corrected chi connectivity index (χ4v) is 4.82. The van der Waals surface area contributed by atoms with E-state index in [9.17, 15) is 5.26 Å². The van der Waals surface area contributed by atoms with Gasteiger partial charge in [-0.3, -0.25) is 0 Å². The number of benzene rings is 1. The minimum atomic E-state index is -0.388. The molecule has 6 nitrogen and oxygen atoms in total. The summed E-state index contributed by atoms with van der Waals surface area (Å²) in [6, 6.07) is 5.90. The summed E-state index contributed by atoms with van der Waals surface area (Å²) in [6.45, 7) is 9.81. The highest BCUT2D eigenvalue weighted by Gasteiger charge is 2.23. The highest BCUT2D eigenvalue weighted by molar-refractivity contribution is 7.22. The van der Waals surface area contributed by atoms with Gasteiger partial charge in [0.25, 0.3) is 0 Å². The predicted molar refractivity (Wildman–Crippen MR) is 125 cm³/mol. The van der Waals surface area contributed by atoms with Crippen LogP contribution in [0, 0.1) is 17.1 Å². The Hall–Kier alpha value is -3.02. The van der Waals surface area contributed by atoms with Gasteiger partial charge in [-0.15, -0.1) is 0 Å². The zero-order valence-corrected chi connectivity index (χ0v) is 18.8. The number of aromatic nitrogens is 1. The fourth-order valence-electron chi connectivity index (χ4n) is 3.76. The van der Waals surface area contributed by atoms with Gasteiger partial charge in [0, 0.05) is 24.9 Å². The summed E-state index contributed by atoms with van der Waals surface area (Å²) >= 11 is 1.48. The molecule has 4 rings (SSSR count). The molecule has 31 heavy (non-hydrogen) atoms. The summed E-state index contributed by atoms with van der Waals surface area (Å²) in [5.41, 5.74) is 3.41. The van der Waals surface area contributed by atoms with Crippen molar-refractivity contribution in [3.63, 3.8) is 0 Å². The van der Waals surface area contributed by atoms with Gasteiger partial charge in [-0.25, -0.2) is 14.4 Å². The predicted octanol–water partition coefficient (Wildman–Crippen LogP) is 4.53. The van der Waals surface area contributed by atoms with Crippen LogP contribution < -0.4 is 10.2 Å². The molecule has 0 atom stereocenters. The second kappa shape index (κ2) is 8.61. The fraction of sp³-hybridized carbons (Fsp3) is 0.348. The first-order chi connectivity index (χ1) is 14.9. The Morgan fingerprint density at radius 3 is 2.81 bits per heavy atom. The van der Waals surface area contributed by atoms with Gasteiger partial charge < -0.3 is 10.2 Å². The molecule has 2 aliphatic heterocycles. The summed E-state index contributed by atoms with van der Waals surface area (Å²) < 4.78 is 15.8. The van der Waals surface area contributed by atoms with E-state index in [0.717, 1.165) is 41.3 Å². The number of hydrogen-bond donors (Lipinski definition) is 1. The summed E-state index contributed by atoms with van der Waals surface area (Å²) in [5, 5.41) is 19.9. The molecule has 1 N–H and O–H groups in total. The molecular weight excluding hydrogens is 411 g/mol.